The molecule has 1 amide bonds. The lowest BCUT2D eigenvalue weighted by Gasteiger charge is -2.18. The average molecular weight is 194 g/mol. The van der Waals surface area contributed by atoms with Crippen LogP contribution in [0, 0.1) is 0 Å². The third-order valence-electron chi connectivity index (χ3n) is 1.81. The standard InChI is InChI=1S/C10H14N2O2/c1-10(2,3)7-4-5-12-8(6-7)14-9(11)13/h4-6H,1-3H3,(H2,11,13). The van der Waals surface area contributed by atoms with Crippen LogP contribution in [0.15, 0.2) is 18.3 Å². The van der Waals surface area contributed by atoms with Gasteiger partial charge in [-0.25, -0.2) is 9.78 Å². The van der Waals surface area contributed by atoms with E-state index >= 15 is 0 Å². The molecule has 0 saturated heterocycles. The smallest absolute Gasteiger partial charge is 0.391 e. The molecule has 0 atom stereocenters. The number of hydrogen-bond acceptors (Lipinski definition) is 3. The molecule has 0 fully saturated rings. The topological polar surface area (TPSA) is 65.2 Å². The van der Waals surface area contributed by atoms with Crippen LogP contribution in [-0.4, -0.2) is 11.1 Å². The molecule has 4 nitrogen and oxygen atoms in total. The predicted molar refractivity (Wildman–Crippen MR) is 53.1 cm³/mol. The first kappa shape index (κ1) is 10.5. The molecule has 0 bridgehead atoms. The van der Waals surface area contributed by atoms with Gasteiger partial charge in [-0.05, 0) is 17.0 Å². The highest BCUT2D eigenvalue weighted by Gasteiger charge is 2.14. The fraction of sp³-hybridized carbons (Fsp3) is 0.400. The molecular weight excluding hydrogens is 180 g/mol. The minimum absolute atomic E-state index is 0.00129. The Kier molecular flexibility index (Phi) is 2.74. The molecule has 1 aromatic rings. The lowest BCUT2D eigenvalue weighted by atomic mass is 9.88. The van der Waals surface area contributed by atoms with E-state index in [4.69, 9.17) is 5.73 Å². The zero-order valence-corrected chi connectivity index (χ0v) is 8.57. The number of nitrogens with zero attached hydrogens (tertiary/aromatic N) is 1. The molecule has 0 saturated carbocycles. The van der Waals surface area contributed by atoms with Gasteiger partial charge in [0.05, 0.1) is 0 Å². The van der Waals surface area contributed by atoms with E-state index in [0.717, 1.165) is 5.56 Å². The molecule has 1 heterocycles. The number of carbonyl (C=O) groups is 1. The number of amides is 1. The Morgan fingerprint density at radius 1 is 1.50 bits per heavy atom. The lowest BCUT2D eigenvalue weighted by molar-refractivity contribution is 0.209. The van der Waals surface area contributed by atoms with Crippen molar-refractivity contribution in [2.45, 2.75) is 26.2 Å². The van der Waals surface area contributed by atoms with Gasteiger partial charge >= 0.3 is 6.09 Å². The summed E-state index contributed by atoms with van der Waals surface area (Å²) in [7, 11) is 0. The van der Waals surface area contributed by atoms with Crippen LogP contribution in [0.25, 0.3) is 0 Å². The van der Waals surface area contributed by atoms with E-state index in [2.05, 4.69) is 30.5 Å². The second-order valence-corrected chi connectivity index (χ2v) is 4.05. The number of ether oxygens (including phenoxy) is 1. The van der Waals surface area contributed by atoms with E-state index in [-0.39, 0.29) is 11.3 Å². The number of nitrogens with two attached hydrogens (primary N) is 1. The maximum atomic E-state index is 10.5. The lowest BCUT2D eigenvalue weighted by Crippen LogP contribution is -2.18. The van der Waals surface area contributed by atoms with E-state index in [0.29, 0.717) is 0 Å². The maximum Gasteiger partial charge on any atom is 0.411 e. The molecule has 0 spiro atoms. The second kappa shape index (κ2) is 3.65. The summed E-state index contributed by atoms with van der Waals surface area (Å²) in [5.41, 5.74) is 5.93. The number of pyridine rings is 1. The number of rotatable bonds is 1. The summed E-state index contributed by atoms with van der Waals surface area (Å²) in [6, 6.07) is 3.60. The third-order valence-corrected chi connectivity index (χ3v) is 1.81. The van der Waals surface area contributed by atoms with Gasteiger partial charge in [-0.1, -0.05) is 20.8 Å². The van der Waals surface area contributed by atoms with Crippen molar-refractivity contribution in [1.82, 2.24) is 4.98 Å². The number of primary amides is 1. The van der Waals surface area contributed by atoms with Crippen LogP contribution in [0.3, 0.4) is 0 Å². The number of aromatic nitrogens is 1. The van der Waals surface area contributed by atoms with E-state index in [1.54, 1.807) is 12.3 Å². The first-order valence-electron chi connectivity index (χ1n) is 4.33. The normalized spacial score (nSPS) is 11.1. The second-order valence-electron chi connectivity index (χ2n) is 4.05. The molecule has 14 heavy (non-hydrogen) atoms. The zero-order chi connectivity index (χ0) is 10.8. The molecule has 4 heteroatoms. The van der Waals surface area contributed by atoms with E-state index in [1.807, 2.05) is 6.07 Å². The van der Waals surface area contributed by atoms with Crippen LogP contribution in [0.5, 0.6) is 5.88 Å². The molecule has 0 aliphatic rings. The molecule has 0 aliphatic heterocycles. The molecule has 1 rings (SSSR count). The predicted octanol–water partition coefficient (Wildman–Crippen LogP) is 1.84. The van der Waals surface area contributed by atoms with Crippen LogP contribution in [0.4, 0.5) is 4.79 Å². The van der Waals surface area contributed by atoms with Gasteiger partial charge in [-0.2, -0.15) is 0 Å². The minimum atomic E-state index is -0.844. The maximum absolute atomic E-state index is 10.5. The molecule has 0 radical (unpaired) electrons. The summed E-state index contributed by atoms with van der Waals surface area (Å²) < 4.78 is 4.68. The number of carbonyl (C=O) groups excluding carboxylic acids is 1. The average Bonchev–Trinajstić information content (AvgIpc) is 2.01. The molecule has 0 aliphatic carbocycles. The molecule has 0 aromatic carbocycles. The summed E-state index contributed by atoms with van der Waals surface area (Å²) in [5.74, 6) is 0.241. The molecule has 0 unspecified atom stereocenters. The summed E-state index contributed by atoms with van der Waals surface area (Å²) in [6.45, 7) is 6.20. The first-order valence-corrected chi connectivity index (χ1v) is 4.33. The minimum Gasteiger partial charge on any atom is -0.391 e. The highest BCUT2D eigenvalue weighted by molar-refractivity contribution is 5.67. The van der Waals surface area contributed by atoms with Crippen LogP contribution in [-0.2, 0) is 5.41 Å². The highest BCUT2D eigenvalue weighted by atomic mass is 16.6. The fourth-order valence-corrected chi connectivity index (χ4v) is 1.03. The monoisotopic (exact) mass is 194 g/mol. The summed E-state index contributed by atoms with van der Waals surface area (Å²) in [6.07, 6.45) is 0.752. The van der Waals surface area contributed by atoms with Crippen molar-refractivity contribution in [3.63, 3.8) is 0 Å². The van der Waals surface area contributed by atoms with Gasteiger partial charge in [0.25, 0.3) is 0 Å². The SMILES string of the molecule is CC(C)(C)c1ccnc(OC(N)=O)c1. The summed E-state index contributed by atoms with van der Waals surface area (Å²) in [4.78, 5) is 14.4. The van der Waals surface area contributed by atoms with Crippen molar-refractivity contribution >= 4 is 6.09 Å². The third kappa shape index (κ3) is 2.73. The van der Waals surface area contributed by atoms with Gasteiger partial charge in [0.15, 0.2) is 0 Å². The number of hydrogen-bond donors (Lipinski definition) is 1. The van der Waals surface area contributed by atoms with Crippen molar-refractivity contribution < 1.29 is 9.53 Å². The Morgan fingerprint density at radius 2 is 2.14 bits per heavy atom. The van der Waals surface area contributed by atoms with Crippen molar-refractivity contribution in [2.24, 2.45) is 5.73 Å². The van der Waals surface area contributed by atoms with Crippen molar-refractivity contribution in [2.75, 3.05) is 0 Å². The Hall–Kier alpha value is -1.58. The van der Waals surface area contributed by atoms with E-state index in [1.165, 1.54) is 0 Å². The highest BCUT2D eigenvalue weighted by Crippen LogP contribution is 2.23. The molecule has 2 N–H and O–H groups in total. The van der Waals surface area contributed by atoms with Crippen LogP contribution >= 0.6 is 0 Å². The summed E-state index contributed by atoms with van der Waals surface area (Å²) >= 11 is 0. The van der Waals surface area contributed by atoms with Gasteiger partial charge in [-0.3, -0.25) is 0 Å². The van der Waals surface area contributed by atoms with Gasteiger partial charge in [-0.15, -0.1) is 0 Å². The molecule has 76 valence electrons. The van der Waals surface area contributed by atoms with Gasteiger partial charge < -0.3 is 10.5 Å². The Morgan fingerprint density at radius 3 is 2.64 bits per heavy atom. The molecule has 1 aromatic heterocycles. The van der Waals surface area contributed by atoms with Gasteiger partial charge in [0.1, 0.15) is 0 Å². The van der Waals surface area contributed by atoms with Crippen molar-refractivity contribution in [3.8, 4) is 5.88 Å². The van der Waals surface area contributed by atoms with Crippen LogP contribution in [0.1, 0.15) is 26.3 Å². The van der Waals surface area contributed by atoms with Crippen molar-refractivity contribution in [3.05, 3.63) is 23.9 Å². The van der Waals surface area contributed by atoms with Crippen LogP contribution in [0.2, 0.25) is 0 Å². The molecular formula is C10H14N2O2. The zero-order valence-electron chi connectivity index (χ0n) is 8.57. The van der Waals surface area contributed by atoms with Crippen LogP contribution < -0.4 is 10.5 Å². The van der Waals surface area contributed by atoms with E-state index in [9.17, 15) is 4.79 Å². The largest absolute Gasteiger partial charge is 0.411 e. The Labute approximate surface area is 83.1 Å². The Balaban J connectivity index is 2.95. The fourth-order valence-electron chi connectivity index (χ4n) is 1.03. The van der Waals surface area contributed by atoms with Gasteiger partial charge in [0.2, 0.25) is 5.88 Å². The Bertz CT molecular complexity index is 342. The quantitative estimate of drug-likeness (QED) is 0.741. The van der Waals surface area contributed by atoms with Crippen molar-refractivity contribution in [1.29, 1.82) is 0 Å². The van der Waals surface area contributed by atoms with E-state index < -0.39 is 6.09 Å². The van der Waals surface area contributed by atoms with Gasteiger partial charge in [0, 0.05) is 12.3 Å². The summed E-state index contributed by atoms with van der Waals surface area (Å²) in [5, 5.41) is 0. The first-order chi connectivity index (χ1) is 6.39.